The Bertz CT molecular complexity index is 348. The smallest absolute Gasteiger partial charge is 0.122 e. The zero-order valence-corrected chi connectivity index (χ0v) is 9.49. The molecule has 0 saturated heterocycles. The maximum absolute atomic E-state index is 6.20. The summed E-state index contributed by atoms with van der Waals surface area (Å²) in [6, 6.07) is 6.51. The number of benzene rings is 1. The van der Waals surface area contributed by atoms with Crippen molar-refractivity contribution in [2.24, 2.45) is 11.7 Å². The quantitative estimate of drug-likeness (QED) is 0.823. The van der Waals surface area contributed by atoms with Gasteiger partial charge in [0.15, 0.2) is 0 Å². The highest BCUT2D eigenvalue weighted by molar-refractivity contribution is 5.40. The fourth-order valence-corrected chi connectivity index (χ4v) is 2.00. The molecule has 0 aromatic heterocycles. The topological polar surface area (TPSA) is 35.2 Å². The van der Waals surface area contributed by atoms with Gasteiger partial charge in [0.25, 0.3) is 0 Å². The van der Waals surface area contributed by atoms with Crippen LogP contribution in [-0.4, -0.2) is 6.61 Å². The molecule has 2 heteroatoms. The van der Waals surface area contributed by atoms with Crippen molar-refractivity contribution in [2.45, 2.75) is 32.7 Å². The van der Waals surface area contributed by atoms with Gasteiger partial charge in [0, 0.05) is 12.5 Å². The average Bonchev–Trinajstić information content (AvgIpc) is 2.73. The molecule has 1 heterocycles. The van der Waals surface area contributed by atoms with Crippen LogP contribution in [0.15, 0.2) is 18.2 Å². The maximum atomic E-state index is 6.20. The summed E-state index contributed by atoms with van der Waals surface area (Å²) >= 11 is 0. The van der Waals surface area contributed by atoms with E-state index in [-0.39, 0.29) is 6.04 Å². The van der Waals surface area contributed by atoms with Crippen molar-refractivity contribution in [3.8, 4) is 5.75 Å². The van der Waals surface area contributed by atoms with Gasteiger partial charge in [-0.1, -0.05) is 32.4 Å². The molecule has 0 bridgehead atoms. The molecule has 15 heavy (non-hydrogen) atoms. The summed E-state index contributed by atoms with van der Waals surface area (Å²) in [5, 5.41) is 0. The number of ether oxygens (including phenoxy) is 1. The van der Waals surface area contributed by atoms with Crippen LogP contribution in [0.4, 0.5) is 0 Å². The van der Waals surface area contributed by atoms with Gasteiger partial charge in [-0.15, -0.1) is 0 Å². The molecule has 2 rings (SSSR count). The molecule has 0 amide bonds. The molecule has 0 spiro atoms. The third-order valence-corrected chi connectivity index (χ3v) is 3.36. The Labute approximate surface area is 91.4 Å². The number of nitrogens with two attached hydrogens (primary N) is 1. The van der Waals surface area contributed by atoms with Crippen LogP contribution < -0.4 is 10.5 Å². The van der Waals surface area contributed by atoms with Gasteiger partial charge in [0.05, 0.1) is 6.61 Å². The van der Waals surface area contributed by atoms with Crippen molar-refractivity contribution < 1.29 is 4.74 Å². The van der Waals surface area contributed by atoms with Crippen LogP contribution in [0, 0.1) is 5.92 Å². The van der Waals surface area contributed by atoms with Gasteiger partial charge >= 0.3 is 0 Å². The first kappa shape index (κ1) is 10.5. The largest absolute Gasteiger partial charge is 0.493 e. The molecule has 0 aliphatic carbocycles. The Hall–Kier alpha value is -1.02. The summed E-state index contributed by atoms with van der Waals surface area (Å²) in [7, 11) is 0. The molecular weight excluding hydrogens is 186 g/mol. The van der Waals surface area contributed by atoms with Gasteiger partial charge < -0.3 is 10.5 Å². The van der Waals surface area contributed by atoms with Crippen molar-refractivity contribution in [1.29, 1.82) is 0 Å². The lowest BCUT2D eigenvalue weighted by Crippen LogP contribution is -2.18. The first-order chi connectivity index (χ1) is 7.22. The Morgan fingerprint density at radius 2 is 2.27 bits per heavy atom. The number of hydrogen-bond donors (Lipinski definition) is 1. The maximum Gasteiger partial charge on any atom is 0.122 e. The summed E-state index contributed by atoms with van der Waals surface area (Å²) < 4.78 is 5.48. The van der Waals surface area contributed by atoms with E-state index in [4.69, 9.17) is 10.5 Å². The highest BCUT2D eigenvalue weighted by atomic mass is 16.5. The SMILES string of the molecule is CCC(C)C(N)c1ccc2c(c1)CCO2. The normalized spacial score (nSPS) is 18.1. The minimum atomic E-state index is 0.154. The van der Waals surface area contributed by atoms with Crippen LogP contribution in [0.5, 0.6) is 5.75 Å². The monoisotopic (exact) mass is 205 g/mol. The van der Waals surface area contributed by atoms with Gasteiger partial charge in [-0.05, 0) is 23.1 Å². The molecular formula is C13H19NO. The molecule has 1 aliphatic rings. The number of fused-ring (bicyclic) bond motifs is 1. The van der Waals surface area contributed by atoms with E-state index >= 15 is 0 Å². The van der Waals surface area contributed by atoms with E-state index in [1.807, 2.05) is 0 Å². The first-order valence-electron chi connectivity index (χ1n) is 5.73. The van der Waals surface area contributed by atoms with E-state index < -0.39 is 0 Å². The minimum absolute atomic E-state index is 0.154. The van der Waals surface area contributed by atoms with E-state index in [0.717, 1.165) is 25.2 Å². The van der Waals surface area contributed by atoms with Gasteiger partial charge in [-0.2, -0.15) is 0 Å². The van der Waals surface area contributed by atoms with Crippen LogP contribution >= 0.6 is 0 Å². The van der Waals surface area contributed by atoms with Crippen molar-refractivity contribution in [2.75, 3.05) is 6.61 Å². The molecule has 0 saturated carbocycles. The predicted octanol–water partition coefficient (Wildman–Crippen LogP) is 2.67. The van der Waals surface area contributed by atoms with Crippen molar-refractivity contribution in [1.82, 2.24) is 0 Å². The first-order valence-corrected chi connectivity index (χ1v) is 5.73. The molecule has 1 aliphatic heterocycles. The zero-order valence-electron chi connectivity index (χ0n) is 9.49. The lowest BCUT2D eigenvalue weighted by atomic mass is 9.92. The van der Waals surface area contributed by atoms with Crippen LogP contribution in [0.25, 0.3) is 0 Å². The van der Waals surface area contributed by atoms with Crippen molar-refractivity contribution in [3.05, 3.63) is 29.3 Å². The van der Waals surface area contributed by atoms with E-state index in [0.29, 0.717) is 5.92 Å². The summed E-state index contributed by atoms with van der Waals surface area (Å²) in [4.78, 5) is 0. The minimum Gasteiger partial charge on any atom is -0.493 e. The molecule has 0 fully saturated rings. The Morgan fingerprint density at radius 1 is 1.47 bits per heavy atom. The highest BCUT2D eigenvalue weighted by Crippen LogP contribution is 2.30. The van der Waals surface area contributed by atoms with Crippen LogP contribution in [0.1, 0.15) is 37.4 Å². The van der Waals surface area contributed by atoms with Gasteiger partial charge in [-0.25, -0.2) is 0 Å². The third kappa shape index (κ3) is 2.00. The second-order valence-electron chi connectivity index (χ2n) is 4.38. The van der Waals surface area contributed by atoms with Crippen LogP contribution in [0.3, 0.4) is 0 Å². The van der Waals surface area contributed by atoms with E-state index in [2.05, 4.69) is 32.0 Å². The van der Waals surface area contributed by atoms with Crippen molar-refractivity contribution in [3.63, 3.8) is 0 Å². The van der Waals surface area contributed by atoms with E-state index in [1.165, 1.54) is 11.1 Å². The Kier molecular flexibility index (Phi) is 2.96. The van der Waals surface area contributed by atoms with Gasteiger partial charge in [0.1, 0.15) is 5.75 Å². The summed E-state index contributed by atoms with van der Waals surface area (Å²) in [5.41, 5.74) is 8.76. The molecule has 2 nitrogen and oxygen atoms in total. The Morgan fingerprint density at radius 3 is 3.00 bits per heavy atom. The van der Waals surface area contributed by atoms with E-state index in [1.54, 1.807) is 0 Å². The van der Waals surface area contributed by atoms with Crippen LogP contribution in [-0.2, 0) is 6.42 Å². The predicted molar refractivity (Wildman–Crippen MR) is 62.0 cm³/mol. The number of hydrogen-bond acceptors (Lipinski definition) is 2. The average molecular weight is 205 g/mol. The van der Waals surface area contributed by atoms with Crippen molar-refractivity contribution >= 4 is 0 Å². The molecule has 2 unspecified atom stereocenters. The fraction of sp³-hybridized carbons (Fsp3) is 0.538. The Balaban J connectivity index is 2.22. The molecule has 1 aromatic rings. The lowest BCUT2D eigenvalue weighted by Gasteiger charge is -2.19. The fourth-order valence-electron chi connectivity index (χ4n) is 2.00. The summed E-state index contributed by atoms with van der Waals surface area (Å²) in [6.07, 6.45) is 2.14. The standard InChI is InChI=1S/C13H19NO/c1-3-9(2)13(14)11-4-5-12-10(8-11)6-7-15-12/h4-5,8-9,13H,3,6-7,14H2,1-2H3. The molecule has 2 atom stereocenters. The summed E-state index contributed by atoms with van der Waals surface area (Å²) in [6.45, 7) is 5.20. The molecule has 1 aromatic carbocycles. The second kappa shape index (κ2) is 4.23. The van der Waals surface area contributed by atoms with Gasteiger partial charge in [-0.3, -0.25) is 0 Å². The second-order valence-corrected chi connectivity index (χ2v) is 4.38. The molecule has 0 radical (unpaired) electrons. The van der Waals surface area contributed by atoms with Gasteiger partial charge in [0.2, 0.25) is 0 Å². The highest BCUT2D eigenvalue weighted by Gasteiger charge is 2.17. The zero-order chi connectivity index (χ0) is 10.8. The number of rotatable bonds is 3. The molecule has 2 N–H and O–H groups in total. The lowest BCUT2D eigenvalue weighted by molar-refractivity contribution is 0.356. The molecule has 82 valence electrons. The summed E-state index contributed by atoms with van der Waals surface area (Å²) in [5.74, 6) is 1.57. The van der Waals surface area contributed by atoms with Crippen LogP contribution in [0.2, 0.25) is 0 Å². The van der Waals surface area contributed by atoms with E-state index in [9.17, 15) is 0 Å². The third-order valence-electron chi connectivity index (χ3n) is 3.36.